The van der Waals surface area contributed by atoms with Crippen LogP contribution in [0.3, 0.4) is 0 Å². The second-order valence-electron chi connectivity index (χ2n) is 6.45. The van der Waals surface area contributed by atoms with E-state index in [1.807, 2.05) is 0 Å². The van der Waals surface area contributed by atoms with E-state index in [2.05, 4.69) is 15.9 Å². The van der Waals surface area contributed by atoms with E-state index >= 15 is 0 Å². The van der Waals surface area contributed by atoms with Gasteiger partial charge in [0.05, 0.1) is 0 Å². The Morgan fingerprint density at radius 1 is 0.476 bits per heavy atom. The lowest BCUT2D eigenvalue weighted by molar-refractivity contribution is 0.527. The molecule has 0 radical (unpaired) electrons. The number of hydrogen-bond donors (Lipinski definition) is 0. The third-order valence-electron chi connectivity index (χ3n) is 4.31. The van der Waals surface area contributed by atoms with Crippen LogP contribution in [-0.2, 0) is 0 Å². The molecule has 0 aliphatic carbocycles. The first-order chi connectivity index (χ1) is 11.6. The summed E-state index contributed by atoms with van der Waals surface area (Å²) in [5.74, 6) is 0. The Hall–Kier alpha value is 0.480. The van der Waals surface area contributed by atoms with Gasteiger partial charge in [-0.1, -0.05) is 132 Å². The van der Waals surface area contributed by atoms with Gasteiger partial charge in [-0.05, 0) is 6.42 Å². The van der Waals surface area contributed by atoms with Gasteiger partial charge in [-0.3, -0.25) is 0 Å². The van der Waals surface area contributed by atoms with Crippen molar-refractivity contribution in [2.75, 3.05) is 5.33 Å². The molecule has 0 atom stereocenters. The van der Waals surface area contributed by atoms with Gasteiger partial charge in [0.15, 0.2) is 0 Å². The predicted molar refractivity (Wildman–Crippen MR) is 103 cm³/mol. The Morgan fingerprint density at radius 2 is 0.762 bits per heavy atom. The molecule has 0 heterocycles. The van der Waals surface area contributed by atoms with Crippen LogP contribution in [0.1, 0.15) is 127 Å². The van der Waals surface area contributed by atoms with Crippen LogP contribution in [-0.4, -0.2) is 5.33 Å². The Labute approximate surface area is 148 Å². The summed E-state index contributed by atoms with van der Waals surface area (Å²) in [6.07, 6.45) is 23.1. The summed E-state index contributed by atoms with van der Waals surface area (Å²) in [5.41, 5.74) is 0. The quantitative estimate of drug-likeness (QED) is 0.169. The molecule has 0 bridgehead atoms. The molecular formula is C20H41Br. The lowest BCUT2D eigenvalue weighted by atomic mass is 10.0. The van der Waals surface area contributed by atoms with Crippen LogP contribution in [0.25, 0.3) is 0 Å². The normalized spacial score (nSPS) is 13.9. The molecule has 0 saturated carbocycles. The van der Waals surface area contributed by atoms with Gasteiger partial charge in [-0.25, -0.2) is 0 Å². The average molecular weight is 364 g/mol. The van der Waals surface area contributed by atoms with E-state index in [0.29, 0.717) is 6.42 Å². The number of rotatable bonds is 18. The topological polar surface area (TPSA) is 0 Å². The molecule has 0 rings (SSSR count). The van der Waals surface area contributed by atoms with Crippen molar-refractivity contribution in [3.8, 4) is 0 Å². The minimum atomic E-state index is -1.71. The van der Waals surface area contributed by atoms with Crippen LogP contribution in [0.4, 0.5) is 0 Å². The summed E-state index contributed by atoms with van der Waals surface area (Å²) in [5, 5.41) is 1.16. The van der Waals surface area contributed by atoms with Crippen LogP contribution >= 0.6 is 15.9 Å². The van der Waals surface area contributed by atoms with E-state index < -0.39 is 6.85 Å². The van der Waals surface area contributed by atoms with Crippen LogP contribution in [0.5, 0.6) is 0 Å². The fraction of sp³-hybridized carbons (Fsp3) is 1.00. The monoisotopic (exact) mass is 363 g/mol. The SMILES string of the molecule is [2H]C([2H])([2H])CCCCCCCCCCCCCCCCCCCBr. The summed E-state index contributed by atoms with van der Waals surface area (Å²) in [6.45, 7) is -1.71. The molecule has 0 aliphatic rings. The molecule has 0 saturated heterocycles. The van der Waals surface area contributed by atoms with Crippen molar-refractivity contribution >= 4 is 15.9 Å². The first-order valence-electron chi connectivity index (χ1n) is 11.1. The van der Waals surface area contributed by atoms with Gasteiger partial charge in [-0.2, -0.15) is 0 Å². The Morgan fingerprint density at radius 3 is 1.05 bits per heavy atom. The Kier molecular flexibility index (Phi) is 15.9. The Bertz CT molecular complexity index is 242. The molecule has 0 fully saturated rings. The zero-order chi connectivity index (χ0) is 17.9. The number of hydrogen-bond acceptors (Lipinski definition) is 0. The third kappa shape index (κ3) is 20.5. The number of unbranched alkanes of at least 4 members (excludes halogenated alkanes) is 16. The highest BCUT2D eigenvalue weighted by molar-refractivity contribution is 9.09. The van der Waals surface area contributed by atoms with Crippen LogP contribution in [0.2, 0.25) is 0 Å². The molecular weight excluding hydrogens is 320 g/mol. The smallest absolute Gasteiger partial charge is 0.0230 e. The van der Waals surface area contributed by atoms with Gasteiger partial charge in [0.2, 0.25) is 0 Å². The van der Waals surface area contributed by atoms with Crippen molar-refractivity contribution in [2.24, 2.45) is 0 Å². The lowest BCUT2D eigenvalue weighted by Crippen LogP contribution is -1.84. The van der Waals surface area contributed by atoms with Crippen molar-refractivity contribution in [1.29, 1.82) is 0 Å². The van der Waals surface area contributed by atoms with Gasteiger partial charge >= 0.3 is 0 Å². The van der Waals surface area contributed by atoms with Crippen LogP contribution < -0.4 is 0 Å². The van der Waals surface area contributed by atoms with Crippen molar-refractivity contribution in [1.82, 2.24) is 0 Å². The molecule has 0 N–H and O–H groups in total. The van der Waals surface area contributed by atoms with Gasteiger partial charge in [0.1, 0.15) is 0 Å². The summed E-state index contributed by atoms with van der Waals surface area (Å²) in [6, 6.07) is 0. The van der Waals surface area contributed by atoms with Crippen LogP contribution in [0.15, 0.2) is 0 Å². The highest BCUT2D eigenvalue weighted by Crippen LogP contribution is 2.14. The Balaban J connectivity index is 3.00. The molecule has 0 amide bonds. The summed E-state index contributed by atoms with van der Waals surface area (Å²) < 4.78 is 21.5. The van der Waals surface area contributed by atoms with Gasteiger partial charge in [0.25, 0.3) is 0 Å². The van der Waals surface area contributed by atoms with Crippen molar-refractivity contribution in [3.63, 3.8) is 0 Å². The molecule has 0 nitrogen and oxygen atoms in total. The maximum absolute atomic E-state index is 7.16. The second kappa shape index (κ2) is 20.5. The molecule has 0 aromatic rings. The highest BCUT2D eigenvalue weighted by atomic mass is 79.9. The molecule has 0 aliphatic heterocycles. The molecule has 0 spiro atoms. The van der Waals surface area contributed by atoms with E-state index in [0.717, 1.165) is 18.2 Å². The van der Waals surface area contributed by atoms with Gasteiger partial charge in [0, 0.05) is 9.44 Å². The summed E-state index contributed by atoms with van der Waals surface area (Å²) in [4.78, 5) is 0. The van der Waals surface area contributed by atoms with E-state index in [9.17, 15) is 0 Å². The average Bonchev–Trinajstić information content (AvgIpc) is 2.52. The minimum Gasteiger partial charge on any atom is -0.0928 e. The molecule has 128 valence electrons. The maximum Gasteiger partial charge on any atom is 0.0230 e. The fourth-order valence-electron chi connectivity index (χ4n) is 2.87. The van der Waals surface area contributed by atoms with E-state index in [-0.39, 0.29) is 0 Å². The first-order valence-corrected chi connectivity index (χ1v) is 10.7. The van der Waals surface area contributed by atoms with E-state index in [1.165, 1.54) is 96.3 Å². The molecule has 0 unspecified atom stereocenters. The lowest BCUT2D eigenvalue weighted by Gasteiger charge is -2.03. The standard InChI is InChI=1S/C20H41Br/c1-2-3-4-5-6-7-8-9-10-11-12-13-14-15-16-17-18-19-20-21/h2-20H2,1H3/i1D3. The fourth-order valence-corrected chi connectivity index (χ4v) is 3.27. The van der Waals surface area contributed by atoms with Crippen molar-refractivity contribution in [2.45, 2.75) is 122 Å². The van der Waals surface area contributed by atoms with Gasteiger partial charge < -0.3 is 0 Å². The number of alkyl halides is 1. The summed E-state index contributed by atoms with van der Waals surface area (Å²) in [7, 11) is 0. The number of halogens is 1. The molecule has 21 heavy (non-hydrogen) atoms. The largest absolute Gasteiger partial charge is 0.0928 e. The molecule has 0 aromatic heterocycles. The van der Waals surface area contributed by atoms with Crippen molar-refractivity contribution < 1.29 is 4.11 Å². The van der Waals surface area contributed by atoms with E-state index in [4.69, 9.17) is 4.11 Å². The third-order valence-corrected chi connectivity index (χ3v) is 4.87. The molecule has 1 heteroatoms. The van der Waals surface area contributed by atoms with E-state index in [1.54, 1.807) is 0 Å². The molecule has 0 aromatic carbocycles. The van der Waals surface area contributed by atoms with Gasteiger partial charge in [-0.15, -0.1) is 0 Å². The first kappa shape index (κ1) is 16.3. The highest BCUT2D eigenvalue weighted by Gasteiger charge is 1.94. The van der Waals surface area contributed by atoms with Crippen molar-refractivity contribution in [3.05, 3.63) is 0 Å². The maximum atomic E-state index is 7.16. The minimum absolute atomic E-state index is 0.393. The zero-order valence-corrected chi connectivity index (χ0v) is 15.9. The second-order valence-corrected chi connectivity index (χ2v) is 7.24. The zero-order valence-electron chi connectivity index (χ0n) is 17.3. The summed E-state index contributed by atoms with van der Waals surface area (Å²) >= 11 is 3.48. The van der Waals surface area contributed by atoms with Crippen LogP contribution in [0, 0.1) is 0 Å². The predicted octanol–water partition coefficient (Wildman–Crippen LogP) is 8.42.